The van der Waals surface area contributed by atoms with E-state index in [1.807, 2.05) is 18.5 Å². The van der Waals surface area contributed by atoms with E-state index in [2.05, 4.69) is 35.5 Å². The van der Waals surface area contributed by atoms with Crippen LogP contribution in [0.4, 0.5) is 14.6 Å². The molecule has 1 aliphatic rings. The van der Waals surface area contributed by atoms with Crippen molar-refractivity contribution in [2.24, 2.45) is 0 Å². The third kappa shape index (κ3) is 4.38. The average Bonchev–Trinajstić information content (AvgIpc) is 3.29. The van der Waals surface area contributed by atoms with Crippen molar-refractivity contribution in [1.29, 1.82) is 0 Å². The van der Waals surface area contributed by atoms with Crippen molar-refractivity contribution in [3.63, 3.8) is 0 Å². The molecule has 1 N–H and O–H groups in total. The van der Waals surface area contributed by atoms with Crippen molar-refractivity contribution in [2.45, 2.75) is 50.9 Å². The molecule has 2 aromatic heterocycles. The summed E-state index contributed by atoms with van der Waals surface area (Å²) in [6, 6.07) is 5.32. The number of aromatic nitrogens is 3. The lowest BCUT2D eigenvalue weighted by Crippen LogP contribution is -2.24. The zero-order valence-electron chi connectivity index (χ0n) is 16.8. The van der Waals surface area contributed by atoms with E-state index in [0.717, 1.165) is 42.5 Å². The van der Waals surface area contributed by atoms with Crippen LogP contribution in [0.2, 0.25) is 0 Å². The first-order valence-electron chi connectivity index (χ1n) is 9.77. The number of halogens is 2. The molecule has 154 valence electrons. The van der Waals surface area contributed by atoms with E-state index in [4.69, 9.17) is 4.98 Å². The molecule has 3 heterocycles. The van der Waals surface area contributed by atoms with Gasteiger partial charge in [-0.1, -0.05) is 11.9 Å². The Hall–Kier alpha value is -2.19. The summed E-state index contributed by atoms with van der Waals surface area (Å²) in [6.07, 6.45) is 5.36. The Morgan fingerprint density at radius 2 is 2.07 bits per heavy atom. The van der Waals surface area contributed by atoms with Gasteiger partial charge in [0, 0.05) is 35.2 Å². The minimum Gasteiger partial charge on any atom is -0.349 e. The summed E-state index contributed by atoms with van der Waals surface area (Å²) in [5, 5.41) is 4.38. The van der Waals surface area contributed by atoms with Crippen molar-refractivity contribution in [3.8, 4) is 0 Å². The zero-order valence-corrected chi connectivity index (χ0v) is 17.6. The fourth-order valence-corrected chi connectivity index (χ4v) is 4.32. The van der Waals surface area contributed by atoms with Gasteiger partial charge in [-0.05, 0) is 57.9 Å². The molecule has 29 heavy (non-hydrogen) atoms. The molecule has 0 spiro atoms. The van der Waals surface area contributed by atoms with Gasteiger partial charge < -0.3 is 4.90 Å². The number of nitrogens with zero attached hydrogens (tertiary/aromatic N) is 4. The van der Waals surface area contributed by atoms with Gasteiger partial charge in [-0.15, -0.1) is 0 Å². The highest BCUT2D eigenvalue weighted by atomic mass is 32.2. The Morgan fingerprint density at radius 1 is 1.24 bits per heavy atom. The first-order chi connectivity index (χ1) is 13.8. The molecule has 0 aliphatic carbocycles. The number of benzene rings is 1. The van der Waals surface area contributed by atoms with E-state index in [0.29, 0.717) is 12.1 Å². The van der Waals surface area contributed by atoms with Crippen molar-refractivity contribution in [3.05, 3.63) is 59.4 Å². The van der Waals surface area contributed by atoms with Crippen LogP contribution in [0.3, 0.4) is 0 Å². The summed E-state index contributed by atoms with van der Waals surface area (Å²) in [5.41, 5.74) is 2.16. The predicted octanol–water partition coefficient (Wildman–Crippen LogP) is 4.89. The molecule has 3 aromatic rings. The van der Waals surface area contributed by atoms with Gasteiger partial charge >= 0.3 is 0 Å². The Morgan fingerprint density at radius 3 is 2.86 bits per heavy atom. The van der Waals surface area contributed by atoms with E-state index in [9.17, 15) is 8.78 Å². The number of rotatable bonds is 5. The normalized spacial score (nSPS) is 17.4. The monoisotopic (exact) mass is 417 g/mol. The highest BCUT2D eigenvalue weighted by molar-refractivity contribution is 7.98. The summed E-state index contributed by atoms with van der Waals surface area (Å²) >= 11 is 1.67. The second-order valence-corrected chi connectivity index (χ2v) is 9.99. The van der Waals surface area contributed by atoms with Crippen LogP contribution in [0.1, 0.15) is 50.8 Å². The molecular formula is C21H25F2N5S. The van der Waals surface area contributed by atoms with Gasteiger partial charge in [-0.3, -0.25) is 4.72 Å². The lowest BCUT2D eigenvalue weighted by atomic mass is 10.0. The summed E-state index contributed by atoms with van der Waals surface area (Å²) in [6.45, 7) is 7.85. The van der Waals surface area contributed by atoms with Crippen LogP contribution in [-0.2, 0) is 6.54 Å². The number of fused-ring (bicyclic) bond motifs is 1. The van der Waals surface area contributed by atoms with Gasteiger partial charge in [0.05, 0.1) is 12.2 Å². The molecular weight excluding hydrogens is 392 g/mol. The van der Waals surface area contributed by atoms with E-state index >= 15 is 0 Å². The average molecular weight is 418 g/mol. The Bertz CT molecular complexity index is 1010. The molecule has 1 unspecified atom stereocenters. The topological polar surface area (TPSA) is 45.5 Å². The molecule has 0 amide bonds. The van der Waals surface area contributed by atoms with Gasteiger partial charge in [-0.25, -0.2) is 18.3 Å². The number of anilines is 1. The second-order valence-electron chi connectivity index (χ2n) is 8.28. The van der Waals surface area contributed by atoms with E-state index < -0.39 is 5.82 Å². The van der Waals surface area contributed by atoms with Gasteiger partial charge in [-0.2, -0.15) is 5.10 Å². The van der Waals surface area contributed by atoms with E-state index in [-0.39, 0.29) is 16.6 Å². The lowest BCUT2D eigenvalue weighted by Gasteiger charge is -2.26. The number of hydrogen-bond donors (Lipinski definition) is 1. The number of hydrogen-bond acceptors (Lipinski definition) is 5. The Kier molecular flexibility index (Phi) is 5.48. The summed E-state index contributed by atoms with van der Waals surface area (Å²) in [7, 11) is 0. The minimum absolute atomic E-state index is 0.110. The van der Waals surface area contributed by atoms with Gasteiger partial charge in [0.2, 0.25) is 0 Å². The first kappa shape index (κ1) is 20.1. The fraction of sp³-hybridized carbons (Fsp3) is 0.429. The number of nitrogens with one attached hydrogen (secondary N) is 1. The van der Waals surface area contributed by atoms with Crippen LogP contribution >= 0.6 is 11.9 Å². The van der Waals surface area contributed by atoms with Gasteiger partial charge in [0.15, 0.2) is 5.65 Å². The van der Waals surface area contributed by atoms with Gasteiger partial charge in [0.25, 0.3) is 0 Å². The van der Waals surface area contributed by atoms with Crippen molar-refractivity contribution < 1.29 is 8.78 Å². The van der Waals surface area contributed by atoms with Crippen LogP contribution in [0.25, 0.3) is 5.65 Å². The van der Waals surface area contributed by atoms with Gasteiger partial charge in [0.1, 0.15) is 17.5 Å². The first-order valence-corrected chi connectivity index (χ1v) is 10.6. The van der Waals surface area contributed by atoms with Crippen LogP contribution in [0.15, 0.2) is 36.7 Å². The molecule has 0 radical (unpaired) electrons. The second kappa shape index (κ2) is 7.91. The van der Waals surface area contributed by atoms with Crippen molar-refractivity contribution in [2.75, 3.05) is 11.4 Å². The molecule has 0 saturated carbocycles. The molecule has 5 nitrogen and oxygen atoms in total. The van der Waals surface area contributed by atoms with Crippen LogP contribution in [-0.4, -0.2) is 25.9 Å². The minimum atomic E-state index is -0.419. The fourth-order valence-electron chi connectivity index (χ4n) is 3.66. The molecule has 0 bridgehead atoms. The smallest absolute Gasteiger partial charge is 0.161 e. The molecule has 1 aromatic carbocycles. The van der Waals surface area contributed by atoms with Crippen molar-refractivity contribution >= 4 is 23.4 Å². The van der Waals surface area contributed by atoms with Crippen LogP contribution in [0, 0.1) is 11.6 Å². The maximum atomic E-state index is 14.4. The molecule has 1 aliphatic heterocycles. The zero-order chi connectivity index (χ0) is 20.6. The SMILES string of the molecule is CC(C)(C)SNCc1cnn2ccc(N3CCCC3c3cc(F)ccc3F)nc12. The standard InChI is InChI=1S/C21H25F2N5S/c1-21(2,3)29-25-13-14-12-24-28-10-8-19(26-20(14)28)27-9-4-5-18(27)16-11-15(22)6-7-17(16)23/h6-8,10-12,18,25H,4-5,9,13H2,1-3H3. The van der Waals surface area contributed by atoms with Crippen LogP contribution < -0.4 is 9.62 Å². The van der Waals surface area contributed by atoms with Crippen molar-refractivity contribution in [1.82, 2.24) is 19.3 Å². The third-order valence-corrected chi connectivity index (χ3v) is 5.83. The molecule has 1 saturated heterocycles. The maximum absolute atomic E-state index is 14.4. The third-order valence-electron chi connectivity index (χ3n) is 4.93. The summed E-state index contributed by atoms with van der Waals surface area (Å²) < 4.78 is 33.3. The highest BCUT2D eigenvalue weighted by Crippen LogP contribution is 2.36. The van der Waals surface area contributed by atoms with E-state index in [1.165, 1.54) is 12.1 Å². The quantitative estimate of drug-likeness (QED) is 0.599. The molecule has 1 fully saturated rings. The Labute approximate surface area is 173 Å². The van der Waals surface area contributed by atoms with Crippen LogP contribution in [0.5, 0.6) is 0 Å². The highest BCUT2D eigenvalue weighted by Gasteiger charge is 2.30. The molecule has 8 heteroatoms. The molecule has 1 atom stereocenters. The summed E-state index contributed by atoms with van der Waals surface area (Å²) in [4.78, 5) is 6.88. The summed E-state index contributed by atoms with van der Waals surface area (Å²) in [5.74, 6) is -0.0381. The maximum Gasteiger partial charge on any atom is 0.161 e. The Balaban J connectivity index is 1.61. The molecule has 4 rings (SSSR count). The predicted molar refractivity (Wildman–Crippen MR) is 113 cm³/mol. The largest absolute Gasteiger partial charge is 0.349 e. The van der Waals surface area contributed by atoms with E-state index in [1.54, 1.807) is 16.5 Å². The lowest BCUT2D eigenvalue weighted by molar-refractivity contribution is 0.560.